The van der Waals surface area contributed by atoms with Crippen molar-refractivity contribution in [2.45, 2.75) is 90.5 Å². The first kappa shape index (κ1) is 19.0. The van der Waals surface area contributed by atoms with Crippen LogP contribution in [0.4, 0.5) is 4.79 Å². The van der Waals surface area contributed by atoms with E-state index in [0.717, 1.165) is 32.5 Å². The molecule has 1 N–H and O–H groups in total. The van der Waals surface area contributed by atoms with Gasteiger partial charge in [-0.25, -0.2) is 4.79 Å². The van der Waals surface area contributed by atoms with Crippen LogP contribution < -0.4 is 5.32 Å². The summed E-state index contributed by atoms with van der Waals surface area (Å²) in [5, 5.41) is 3.80. The minimum absolute atomic E-state index is 0.161. The number of carbonyl (C=O) groups is 1. The van der Waals surface area contributed by atoms with Gasteiger partial charge in [0.05, 0.1) is 6.10 Å². The number of hydrogen-bond donors (Lipinski definition) is 1. The number of ether oxygens (including phenoxy) is 2. The Labute approximate surface area is 152 Å². The van der Waals surface area contributed by atoms with Gasteiger partial charge in [-0.3, -0.25) is 0 Å². The van der Waals surface area contributed by atoms with Gasteiger partial charge in [0.15, 0.2) is 0 Å². The highest BCUT2D eigenvalue weighted by Crippen LogP contribution is 2.51. The van der Waals surface area contributed by atoms with Crippen molar-refractivity contribution in [1.29, 1.82) is 0 Å². The molecule has 0 aromatic carbocycles. The Morgan fingerprint density at radius 1 is 1.24 bits per heavy atom. The van der Waals surface area contributed by atoms with Crippen LogP contribution in [-0.4, -0.2) is 54.5 Å². The highest BCUT2D eigenvalue weighted by Gasteiger charge is 2.57. The SMILES string of the molecule is CC(C)(C)OC(=O)N1CCCCC1CNC1C2CCCOC2C1(C)C. The molecule has 5 heteroatoms. The molecule has 1 amide bonds. The summed E-state index contributed by atoms with van der Waals surface area (Å²) in [6, 6.07) is 0.725. The lowest BCUT2D eigenvalue weighted by Gasteiger charge is -2.60. The maximum atomic E-state index is 12.6. The molecule has 0 radical (unpaired) electrons. The third-order valence-corrected chi connectivity index (χ3v) is 6.16. The zero-order valence-electron chi connectivity index (χ0n) is 16.6. The van der Waals surface area contributed by atoms with E-state index >= 15 is 0 Å². The zero-order chi connectivity index (χ0) is 18.2. The van der Waals surface area contributed by atoms with Gasteiger partial charge in [0, 0.05) is 43.1 Å². The number of piperidine rings is 1. The summed E-state index contributed by atoms with van der Waals surface area (Å²) in [6.07, 6.45) is 5.98. The van der Waals surface area contributed by atoms with Crippen molar-refractivity contribution in [2.24, 2.45) is 11.3 Å². The Kier molecular flexibility index (Phi) is 5.36. The molecule has 2 saturated heterocycles. The van der Waals surface area contributed by atoms with Crippen molar-refractivity contribution in [2.75, 3.05) is 19.7 Å². The van der Waals surface area contributed by atoms with Gasteiger partial charge in [-0.1, -0.05) is 13.8 Å². The summed E-state index contributed by atoms with van der Waals surface area (Å²) < 4.78 is 11.6. The van der Waals surface area contributed by atoms with E-state index in [-0.39, 0.29) is 17.6 Å². The second-order valence-electron chi connectivity index (χ2n) is 9.63. The molecule has 144 valence electrons. The molecule has 1 aliphatic carbocycles. The van der Waals surface area contributed by atoms with Gasteiger partial charge in [-0.2, -0.15) is 0 Å². The van der Waals surface area contributed by atoms with Crippen LogP contribution in [0, 0.1) is 11.3 Å². The number of nitrogens with one attached hydrogen (secondary N) is 1. The lowest BCUT2D eigenvalue weighted by Crippen LogP contribution is -2.70. The maximum Gasteiger partial charge on any atom is 0.410 e. The van der Waals surface area contributed by atoms with Crippen LogP contribution in [-0.2, 0) is 9.47 Å². The van der Waals surface area contributed by atoms with Crippen LogP contribution in [0.2, 0.25) is 0 Å². The van der Waals surface area contributed by atoms with Gasteiger partial charge >= 0.3 is 6.09 Å². The zero-order valence-corrected chi connectivity index (χ0v) is 16.6. The molecule has 3 aliphatic rings. The van der Waals surface area contributed by atoms with E-state index in [4.69, 9.17) is 9.47 Å². The third-order valence-electron chi connectivity index (χ3n) is 6.16. The molecule has 0 aromatic rings. The number of carbonyl (C=O) groups excluding carboxylic acids is 1. The highest BCUT2D eigenvalue weighted by atomic mass is 16.6. The number of likely N-dealkylation sites (tertiary alicyclic amines) is 1. The fourth-order valence-electron chi connectivity index (χ4n) is 4.97. The lowest BCUT2D eigenvalue weighted by atomic mass is 9.55. The normalized spacial score (nSPS) is 34.8. The second kappa shape index (κ2) is 7.07. The first-order valence-electron chi connectivity index (χ1n) is 10.0. The monoisotopic (exact) mass is 352 g/mol. The molecular weight excluding hydrogens is 316 g/mol. The second-order valence-corrected chi connectivity index (χ2v) is 9.63. The Balaban J connectivity index is 1.58. The molecule has 0 aromatic heterocycles. The van der Waals surface area contributed by atoms with Gasteiger partial charge in [-0.05, 0) is 52.9 Å². The van der Waals surface area contributed by atoms with Gasteiger partial charge < -0.3 is 19.7 Å². The van der Waals surface area contributed by atoms with Crippen LogP contribution in [0.5, 0.6) is 0 Å². The van der Waals surface area contributed by atoms with Crippen molar-refractivity contribution < 1.29 is 14.3 Å². The predicted molar refractivity (Wildman–Crippen MR) is 98.6 cm³/mol. The van der Waals surface area contributed by atoms with Gasteiger partial charge in [0.1, 0.15) is 5.60 Å². The van der Waals surface area contributed by atoms with Crippen molar-refractivity contribution in [1.82, 2.24) is 10.2 Å². The molecule has 4 atom stereocenters. The van der Waals surface area contributed by atoms with E-state index in [0.29, 0.717) is 18.1 Å². The van der Waals surface area contributed by atoms with Crippen molar-refractivity contribution in [3.8, 4) is 0 Å². The van der Waals surface area contributed by atoms with Crippen LogP contribution in [0.3, 0.4) is 0 Å². The molecule has 0 spiro atoms. The topological polar surface area (TPSA) is 50.8 Å². The minimum Gasteiger partial charge on any atom is -0.444 e. The molecule has 25 heavy (non-hydrogen) atoms. The number of hydrogen-bond acceptors (Lipinski definition) is 4. The lowest BCUT2D eigenvalue weighted by molar-refractivity contribution is -0.193. The fraction of sp³-hybridized carbons (Fsp3) is 0.950. The van der Waals surface area contributed by atoms with Gasteiger partial charge in [0.2, 0.25) is 0 Å². The summed E-state index contributed by atoms with van der Waals surface area (Å²) in [7, 11) is 0. The standard InChI is InChI=1S/C20H36N2O3/c1-19(2,3)25-18(23)22-11-7-6-9-14(22)13-21-16-15-10-8-12-24-17(15)20(16,4)5/h14-17,21H,6-13H2,1-5H3. The molecule has 0 bridgehead atoms. The van der Waals surface area contributed by atoms with Crippen LogP contribution in [0.25, 0.3) is 0 Å². The van der Waals surface area contributed by atoms with E-state index in [1.807, 2.05) is 25.7 Å². The largest absolute Gasteiger partial charge is 0.444 e. The van der Waals surface area contributed by atoms with Crippen molar-refractivity contribution in [3.05, 3.63) is 0 Å². The average molecular weight is 353 g/mol. The van der Waals surface area contributed by atoms with E-state index < -0.39 is 5.60 Å². The Hall–Kier alpha value is -0.810. The van der Waals surface area contributed by atoms with Crippen LogP contribution in [0.15, 0.2) is 0 Å². The molecule has 2 aliphatic heterocycles. The van der Waals surface area contributed by atoms with Gasteiger partial charge in [-0.15, -0.1) is 0 Å². The van der Waals surface area contributed by atoms with Crippen LogP contribution in [0.1, 0.15) is 66.7 Å². The molecule has 5 nitrogen and oxygen atoms in total. The minimum atomic E-state index is -0.435. The quantitative estimate of drug-likeness (QED) is 0.844. The van der Waals surface area contributed by atoms with E-state index in [2.05, 4.69) is 19.2 Å². The number of fused-ring (bicyclic) bond motifs is 1. The van der Waals surface area contributed by atoms with Crippen molar-refractivity contribution in [3.63, 3.8) is 0 Å². The highest BCUT2D eigenvalue weighted by molar-refractivity contribution is 5.68. The van der Waals surface area contributed by atoms with Crippen LogP contribution >= 0.6 is 0 Å². The molecule has 3 fully saturated rings. The van der Waals surface area contributed by atoms with E-state index in [9.17, 15) is 4.79 Å². The molecule has 2 heterocycles. The first-order valence-corrected chi connectivity index (χ1v) is 10.0. The third kappa shape index (κ3) is 3.97. The molecule has 1 saturated carbocycles. The summed E-state index contributed by atoms with van der Waals surface area (Å²) >= 11 is 0. The predicted octanol–water partition coefficient (Wildman–Crippen LogP) is 3.57. The molecular formula is C20H36N2O3. The summed E-state index contributed by atoms with van der Waals surface area (Å²) in [5.41, 5.74) is -0.258. The summed E-state index contributed by atoms with van der Waals surface area (Å²) in [4.78, 5) is 14.5. The first-order chi connectivity index (χ1) is 11.7. The van der Waals surface area contributed by atoms with Crippen molar-refractivity contribution >= 4 is 6.09 Å². The van der Waals surface area contributed by atoms with E-state index in [1.54, 1.807) is 0 Å². The Morgan fingerprint density at radius 2 is 2.00 bits per heavy atom. The van der Waals surface area contributed by atoms with E-state index in [1.165, 1.54) is 19.3 Å². The number of amides is 1. The van der Waals surface area contributed by atoms with Gasteiger partial charge in [0.25, 0.3) is 0 Å². The average Bonchev–Trinajstić information content (AvgIpc) is 2.53. The Bertz CT molecular complexity index is 486. The fourth-order valence-corrected chi connectivity index (χ4v) is 4.97. The number of nitrogens with zero attached hydrogens (tertiary/aromatic N) is 1. The number of rotatable bonds is 3. The Morgan fingerprint density at radius 3 is 2.72 bits per heavy atom. The molecule has 3 rings (SSSR count). The maximum absolute atomic E-state index is 12.6. The molecule has 4 unspecified atom stereocenters. The smallest absolute Gasteiger partial charge is 0.410 e. The summed E-state index contributed by atoms with van der Waals surface area (Å²) in [5.74, 6) is 0.627. The summed E-state index contributed by atoms with van der Waals surface area (Å²) in [6.45, 7) is 13.0.